The normalized spacial score (nSPS) is 13.3. The number of aryl methyl sites for hydroxylation is 1. The quantitative estimate of drug-likeness (QED) is 0.508. The zero-order valence-corrected chi connectivity index (χ0v) is 18.2. The fourth-order valence-electron chi connectivity index (χ4n) is 3.65. The Labute approximate surface area is 166 Å². The molecule has 0 amide bonds. The van der Waals surface area contributed by atoms with Crippen LogP contribution in [0.1, 0.15) is 76.1 Å². The SMILES string of the molecule is C=Cc1c(C)cccc1COc1ccc(C(CC(C)(C)C)C(C)(C)C)cc1. The summed E-state index contributed by atoms with van der Waals surface area (Å²) in [7, 11) is 0. The largest absolute Gasteiger partial charge is 0.489 e. The van der Waals surface area contributed by atoms with Gasteiger partial charge in [0.05, 0.1) is 0 Å². The lowest BCUT2D eigenvalue weighted by molar-refractivity contribution is 0.229. The molecule has 2 aromatic carbocycles. The van der Waals surface area contributed by atoms with Crippen molar-refractivity contribution < 1.29 is 4.74 Å². The Kier molecular flexibility index (Phi) is 6.57. The standard InChI is InChI=1S/C26H36O/c1-9-23-19(2)11-10-12-21(23)18-27-22-15-13-20(14-16-22)24(26(6,7)8)17-25(3,4)5/h9-16,24H,1,17-18H2,2-8H3. The van der Waals surface area contributed by atoms with E-state index in [0.717, 1.165) is 5.75 Å². The molecular formula is C26H36O. The van der Waals surface area contributed by atoms with Gasteiger partial charge in [-0.05, 0) is 64.5 Å². The van der Waals surface area contributed by atoms with E-state index in [0.29, 0.717) is 17.9 Å². The molecule has 0 bridgehead atoms. The molecule has 0 radical (unpaired) electrons. The summed E-state index contributed by atoms with van der Waals surface area (Å²) in [4.78, 5) is 0. The molecule has 27 heavy (non-hydrogen) atoms. The summed E-state index contributed by atoms with van der Waals surface area (Å²) in [6.07, 6.45) is 3.08. The van der Waals surface area contributed by atoms with Crippen molar-refractivity contribution >= 4 is 6.08 Å². The van der Waals surface area contributed by atoms with Gasteiger partial charge in [-0.1, -0.05) is 84.5 Å². The molecule has 0 heterocycles. The molecule has 0 aromatic heterocycles. The number of rotatable bonds is 6. The third-order valence-corrected chi connectivity index (χ3v) is 5.16. The van der Waals surface area contributed by atoms with Crippen molar-refractivity contribution in [1.29, 1.82) is 0 Å². The van der Waals surface area contributed by atoms with E-state index in [1.165, 1.54) is 28.7 Å². The highest BCUT2D eigenvalue weighted by Crippen LogP contribution is 2.43. The fourth-order valence-corrected chi connectivity index (χ4v) is 3.65. The summed E-state index contributed by atoms with van der Waals surface area (Å²) in [6.45, 7) is 20.6. The predicted octanol–water partition coefficient (Wildman–Crippen LogP) is 7.78. The van der Waals surface area contributed by atoms with E-state index in [4.69, 9.17) is 4.74 Å². The maximum atomic E-state index is 6.06. The first-order valence-electron chi connectivity index (χ1n) is 9.95. The Morgan fingerprint density at radius 1 is 0.963 bits per heavy atom. The number of hydrogen-bond acceptors (Lipinski definition) is 1. The van der Waals surface area contributed by atoms with E-state index in [9.17, 15) is 0 Å². The molecule has 1 atom stereocenters. The molecule has 2 aromatic rings. The first kappa shape index (κ1) is 21.3. The molecule has 0 aliphatic carbocycles. The lowest BCUT2D eigenvalue weighted by Gasteiger charge is -2.36. The summed E-state index contributed by atoms with van der Waals surface area (Å²) in [5.74, 6) is 1.44. The Hall–Kier alpha value is -2.02. The van der Waals surface area contributed by atoms with E-state index < -0.39 is 0 Å². The maximum absolute atomic E-state index is 6.06. The molecule has 0 spiro atoms. The molecule has 0 aliphatic heterocycles. The third kappa shape index (κ3) is 5.99. The van der Waals surface area contributed by atoms with Crippen LogP contribution in [0.25, 0.3) is 6.08 Å². The van der Waals surface area contributed by atoms with Gasteiger partial charge >= 0.3 is 0 Å². The van der Waals surface area contributed by atoms with Crippen molar-refractivity contribution in [2.24, 2.45) is 10.8 Å². The molecule has 0 saturated carbocycles. The van der Waals surface area contributed by atoms with Gasteiger partial charge in [-0.3, -0.25) is 0 Å². The van der Waals surface area contributed by atoms with Crippen molar-refractivity contribution in [3.05, 3.63) is 71.3 Å². The Morgan fingerprint density at radius 2 is 1.59 bits per heavy atom. The first-order chi connectivity index (χ1) is 12.5. The van der Waals surface area contributed by atoms with Gasteiger partial charge in [0.1, 0.15) is 12.4 Å². The van der Waals surface area contributed by atoms with Crippen LogP contribution in [0.5, 0.6) is 5.75 Å². The van der Waals surface area contributed by atoms with Crippen LogP contribution in [0.3, 0.4) is 0 Å². The third-order valence-electron chi connectivity index (χ3n) is 5.16. The predicted molar refractivity (Wildman–Crippen MR) is 118 cm³/mol. The average Bonchev–Trinajstić information content (AvgIpc) is 2.57. The molecule has 1 nitrogen and oxygen atoms in total. The second-order valence-corrected chi connectivity index (χ2v) is 9.89. The van der Waals surface area contributed by atoms with Gasteiger partial charge in [0.15, 0.2) is 0 Å². The van der Waals surface area contributed by atoms with Crippen LogP contribution in [0.15, 0.2) is 49.0 Å². The smallest absolute Gasteiger partial charge is 0.119 e. The van der Waals surface area contributed by atoms with E-state index in [-0.39, 0.29) is 5.41 Å². The van der Waals surface area contributed by atoms with Gasteiger partial charge in [0.2, 0.25) is 0 Å². The molecule has 1 unspecified atom stereocenters. The molecule has 2 rings (SSSR count). The molecule has 0 aliphatic rings. The van der Waals surface area contributed by atoms with Gasteiger partial charge in [0, 0.05) is 0 Å². The molecular weight excluding hydrogens is 328 g/mol. The summed E-state index contributed by atoms with van der Waals surface area (Å²) < 4.78 is 6.06. The fraction of sp³-hybridized carbons (Fsp3) is 0.462. The van der Waals surface area contributed by atoms with E-state index in [1.807, 2.05) is 6.08 Å². The maximum Gasteiger partial charge on any atom is 0.119 e. The molecule has 1 heteroatoms. The van der Waals surface area contributed by atoms with Crippen molar-refractivity contribution in [1.82, 2.24) is 0 Å². The zero-order valence-electron chi connectivity index (χ0n) is 18.2. The number of hydrogen-bond donors (Lipinski definition) is 0. The minimum Gasteiger partial charge on any atom is -0.489 e. The number of ether oxygens (including phenoxy) is 1. The summed E-state index contributed by atoms with van der Waals surface area (Å²) in [6, 6.07) is 15.0. The van der Waals surface area contributed by atoms with Gasteiger partial charge < -0.3 is 4.74 Å². The van der Waals surface area contributed by atoms with Crippen LogP contribution in [0.2, 0.25) is 0 Å². The minimum absolute atomic E-state index is 0.232. The van der Waals surface area contributed by atoms with Crippen LogP contribution in [-0.4, -0.2) is 0 Å². The first-order valence-corrected chi connectivity index (χ1v) is 9.95. The topological polar surface area (TPSA) is 9.23 Å². The zero-order chi connectivity index (χ0) is 20.2. The second-order valence-electron chi connectivity index (χ2n) is 9.89. The molecule has 0 fully saturated rings. The Balaban J connectivity index is 2.15. The summed E-state index contributed by atoms with van der Waals surface area (Å²) >= 11 is 0. The van der Waals surface area contributed by atoms with Crippen LogP contribution in [0.4, 0.5) is 0 Å². The minimum atomic E-state index is 0.232. The van der Waals surface area contributed by atoms with Gasteiger partial charge in [0.25, 0.3) is 0 Å². The van der Waals surface area contributed by atoms with Crippen molar-refractivity contribution in [3.63, 3.8) is 0 Å². The lowest BCUT2D eigenvalue weighted by Crippen LogP contribution is -2.23. The van der Waals surface area contributed by atoms with E-state index in [2.05, 4.69) is 97.5 Å². The van der Waals surface area contributed by atoms with E-state index >= 15 is 0 Å². The summed E-state index contributed by atoms with van der Waals surface area (Å²) in [5.41, 5.74) is 5.51. The second kappa shape index (κ2) is 8.33. The van der Waals surface area contributed by atoms with Crippen molar-refractivity contribution in [2.45, 2.75) is 67.4 Å². The van der Waals surface area contributed by atoms with Crippen molar-refractivity contribution in [3.8, 4) is 5.75 Å². The van der Waals surface area contributed by atoms with Gasteiger partial charge in [-0.15, -0.1) is 0 Å². The Bertz CT molecular complexity index is 754. The highest BCUT2D eigenvalue weighted by molar-refractivity contribution is 5.56. The monoisotopic (exact) mass is 364 g/mol. The Morgan fingerprint density at radius 3 is 2.11 bits per heavy atom. The molecule has 146 valence electrons. The van der Waals surface area contributed by atoms with Crippen LogP contribution in [0, 0.1) is 17.8 Å². The van der Waals surface area contributed by atoms with Crippen LogP contribution >= 0.6 is 0 Å². The van der Waals surface area contributed by atoms with Crippen LogP contribution in [-0.2, 0) is 6.61 Å². The van der Waals surface area contributed by atoms with Gasteiger partial charge in [-0.25, -0.2) is 0 Å². The average molecular weight is 365 g/mol. The number of benzene rings is 2. The van der Waals surface area contributed by atoms with Gasteiger partial charge in [-0.2, -0.15) is 0 Å². The highest BCUT2D eigenvalue weighted by Gasteiger charge is 2.30. The molecule has 0 saturated heterocycles. The van der Waals surface area contributed by atoms with E-state index in [1.54, 1.807) is 0 Å². The van der Waals surface area contributed by atoms with Crippen LogP contribution < -0.4 is 4.74 Å². The lowest BCUT2D eigenvalue weighted by atomic mass is 9.69. The van der Waals surface area contributed by atoms with Crippen molar-refractivity contribution in [2.75, 3.05) is 0 Å². The highest BCUT2D eigenvalue weighted by atomic mass is 16.5. The molecule has 0 N–H and O–H groups in total. The summed E-state index contributed by atoms with van der Waals surface area (Å²) in [5, 5.41) is 0.